The molecule has 1 aromatic heterocycles. The Balaban J connectivity index is 1.61. The molecule has 7 heteroatoms. The maximum atomic E-state index is 12.1. The second kappa shape index (κ2) is 7.57. The highest BCUT2D eigenvalue weighted by atomic mass is 32.2. The number of nitrogens with one attached hydrogen (secondary N) is 1. The third-order valence-electron chi connectivity index (χ3n) is 4.49. The maximum Gasteiger partial charge on any atom is 0.242 e. The van der Waals surface area contributed by atoms with Gasteiger partial charge in [-0.3, -0.25) is 0 Å². The Bertz CT molecular complexity index is 978. The van der Waals surface area contributed by atoms with Crippen molar-refractivity contribution in [3.8, 4) is 0 Å². The molecule has 3 rings (SSSR count). The Hall–Kier alpha value is -2.22. The summed E-state index contributed by atoms with van der Waals surface area (Å²) in [6.07, 6.45) is 1.86. The molecular formula is C19H24N4O2S. The third-order valence-corrected chi connectivity index (χ3v) is 6.32. The predicted octanol–water partition coefficient (Wildman–Crippen LogP) is 2.64. The molecule has 0 bridgehead atoms. The summed E-state index contributed by atoms with van der Waals surface area (Å²) in [5.41, 5.74) is 3.18. The minimum absolute atomic E-state index is 0.126. The van der Waals surface area contributed by atoms with E-state index >= 15 is 0 Å². The summed E-state index contributed by atoms with van der Waals surface area (Å²) in [6, 6.07) is 15.2. The van der Waals surface area contributed by atoms with Crippen LogP contribution in [0.2, 0.25) is 0 Å². The Morgan fingerprint density at radius 2 is 1.81 bits per heavy atom. The quantitative estimate of drug-likeness (QED) is 0.692. The molecule has 2 aromatic carbocycles. The second-order valence-corrected chi connectivity index (χ2v) is 8.61. The van der Waals surface area contributed by atoms with Gasteiger partial charge in [-0.25, -0.2) is 17.7 Å². The highest BCUT2D eigenvalue weighted by Gasteiger charge is 2.17. The molecule has 0 aliphatic carbocycles. The SMILES string of the molecule is C[C@H](NCCn1cnc2ccccc21)c1ccc(S(=O)(=O)N(C)C)cc1. The number of nitrogens with zero attached hydrogens (tertiary/aromatic N) is 3. The smallest absolute Gasteiger partial charge is 0.242 e. The number of sulfonamides is 1. The van der Waals surface area contributed by atoms with Crippen LogP contribution in [-0.2, 0) is 16.6 Å². The Morgan fingerprint density at radius 1 is 1.12 bits per heavy atom. The molecule has 0 fully saturated rings. The monoisotopic (exact) mass is 372 g/mol. The normalized spacial score (nSPS) is 13.4. The van der Waals surface area contributed by atoms with E-state index < -0.39 is 10.0 Å². The molecular weight excluding hydrogens is 348 g/mol. The van der Waals surface area contributed by atoms with E-state index in [1.54, 1.807) is 12.1 Å². The van der Waals surface area contributed by atoms with Crippen LogP contribution in [0.4, 0.5) is 0 Å². The minimum atomic E-state index is -3.38. The van der Waals surface area contributed by atoms with Gasteiger partial charge in [-0.05, 0) is 36.8 Å². The Morgan fingerprint density at radius 3 is 2.50 bits per heavy atom. The van der Waals surface area contributed by atoms with E-state index in [1.165, 1.54) is 18.4 Å². The van der Waals surface area contributed by atoms with Gasteiger partial charge < -0.3 is 9.88 Å². The third kappa shape index (κ3) is 3.80. The van der Waals surface area contributed by atoms with Gasteiger partial charge in [0.2, 0.25) is 10.0 Å². The lowest BCUT2D eigenvalue weighted by Crippen LogP contribution is -2.24. The van der Waals surface area contributed by atoms with Crippen LogP contribution in [0.5, 0.6) is 0 Å². The number of hydrogen-bond donors (Lipinski definition) is 1. The summed E-state index contributed by atoms with van der Waals surface area (Å²) in [4.78, 5) is 4.70. The molecule has 138 valence electrons. The molecule has 26 heavy (non-hydrogen) atoms. The molecule has 0 spiro atoms. The van der Waals surface area contributed by atoms with Gasteiger partial charge in [0.1, 0.15) is 0 Å². The van der Waals surface area contributed by atoms with Crippen molar-refractivity contribution in [2.24, 2.45) is 0 Å². The zero-order valence-corrected chi connectivity index (χ0v) is 16.1. The van der Waals surface area contributed by atoms with Gasteiger partial charge in [-0.1, -0.05) is 24.3 Å². The fraction of sp³-hybridized carbons (Fsp3) is 0.316. The van der Waals surface area contributed by atoms with Crippen molar-refractivity contribution < 1.29 is 8.42 Å². The Kier molecular flexibility index (Phi) is 5.41. The predicted molar refractivity (Wildman–Crippen MR) is 103 cm³/mol. The lowest BCUT2D eigenvalue weighted by molar-refractivity contribution is 0.520. The summed E-state index contributed by atoms with van der Waals surface area (Å²) in [5, 5.41) is 3.47. The van der Waals surface area contributed by atoms with Crippen LogP contribution in [0.3, 0.4) is 0 Å². The number of fused-ring (bicyclic) bond motifs is 1. The molecule has 0 aliphatic heterocycles. The molecule has 0 saturated heterocycles. The van der Waals surface area contributed by atoms with Gasteiger partial charge in [0.05, 0.1) is 22.3 Å². The van der Waals surface area contributed by atoms with Crippen LogP contribution in [0, 0.1) is 0 Å². The molecule has 6 nitrogen and oxygen atoms in total. The number of imidazole rings is 1. The van der Waals surface area contributed by atoms with Gasteiger partial charge in [0.25, 0.3) is 0 Å². The number of benzene rings is 2. The van der Waals surface area contributed by atoms with E-state index in [4.69, 9.17) is 0 Å². The average molecular weight is 372 g/mol. The summed E-state index contributed by atoms with van der Waals surface area (Å²) in [7, 11) is -0.314. The fourth-order valence-electron chi connectivity index (χ4n) is 2.85. The summed E-state index contributed by atoms with van der Waals surface area (Å²) < 4.78 is 27.6. The first kappa shape index (κ1) is 18.6. The van der Waals surface area contributed by atoms with E-state index in [2.05, 4.69) is 27.9 Å². The van der Waals surface area contributed by atoms with E-state index in [0.717, 1.165) is 29.7 Å². The van der Waals surface area contributed by atoms with Gasteiger partial charge in [0, 0.05) is 33.2 Å². The average Bonchev–Trinajstić information content (AvgIpc) is 3.05. The van der Waals surface area contributed by atoms with Crippen molar-refractivity contribution in [3.63, 3.8) is 0 Å². The standard InChI is InChI=1S/C19H24N4O2S/c1-15(16-8-10-17(11-9-16)26(24,25)22(2)3)20-12-13-23-14-21-18-6-4-5-7-19(18)23/h4-11,14-15,20H,12-13H2,1-3H3/t15-/m0/s1. The van der Waals surface area contributed by atoms with Gasteiger partial charge >= 0.3 is 0 Å². The molecule has 1 atom stereocenters. The molecule has 3 aromatic rings. The number of para-hydroxylation sites is 2. The lowest BCUT2D eigenvalue weighted by Gasteiger charge is -2.16. The van der Waals surface area contributed by atoms with Crippen LogP contribution in [0.1, 0.15) is 18.5 Å². The largest absolute Gasteiger partial charge is 0.329 e. The molecule has 0 amide bonds. The minimum Gasteiger partial charge on any atom is -0.329 e. The van der Waals surface area contributed by atoms with E-state index in [0.29, 0.717) is 4.90 Å². The van der Waals surface area contributed by atoms with Crippen molar-refractivity contribution in [1.29, 1.82) is 0 Å². The van der Waals surface area contributed by atoms with E-state index in [-0.39, 0.29) is 6.04 Å². The molecule has 0 radical (unpaired) electrons. The summed E-state index contributed by atoms with van der Waals surface area (Å²) in [6.45, 7) is 3.68. The van der Waals surface area contributed by atoms with Crippen LogP contribution >= 0.6 is 0 Å². The molecule has 1 heterocycles. The van der Waals surface area contributed by atoms with Gasteiger partial charge in [0.15, 0.2) is 0 Å². The first-order valence-corrected chi connectivity index (χ1v) is 9.99. The van der Waals surface area contributed by atoms with Crippen molar-refractivity contribution in [2.75, 3.05) is 20.6 Å². The number of rotatable bonds is 7. The van der Waals surface area contributed by atoms with Crippen molar-refractivity contribution in [3.05, 3.63) is 60.4 Å². The Labute approximate surface area is 154 Å². The molecule has 1 N–H and O–H groups in total. The lowest BCUT2D eigenvalue weighted by atomic mass is 10.1. The van der Waals surface area contributed by atoms with Crippen molar-refractivity contribution in [1.82, 2.24) is 19.2 Å². The first-order valence-electron chi connectivity index (χ1n) is 8.55. The first-order chi connectivity index (χ1) is 12.4. The number of aromatic nitrogens is 2. The maximum absolute atomic E-state index is 12.1. The van der Waals surface area contributed by atoms with Crippen LogP contribution in [0.25, 0.3) is 11.0 Å². The highest BCUT2D eigenvalue weighted by Crippen LogP contribution is 2.18. The summed E-state index contributed by atoms with van der Waals surface area (Å²) in [5.74, 6) is 0. The van der Waals surface area contributed by atoms with Crippen molar-refractivity contribution >= 4 is 21.1 Å². The molecule has 0 unspecified atom stereocenters. The second-order valence-electron chi connectivity index (χ2n) is 6.46. The van der Waals surface area contributed by atoms with Crippen LogP contribution in [-0.4, -0.2) is 42.9 Å². The topological polar surface area (TPSA) is 67.2 Å². The number of hydrogen-bond acceptors (Lipinski definition) is 4. The van der Waals surface area contributed by atoms with E-state index in [1.807, 2.05) is 36.7 Å². The van der Waals surface area contributed by atoms with Gasteiger partial charge in [-0.15, -0.1) is 0 Å². The molecule has 0 saturated carbocycles. The van der Waals surface area contributed by atoms with Crippen LogP contribution < -0.4 is 5.32 Å². The zero-order valence-electron chi connectivity index (χ0n) is 15.3. The fourth-order valence-corrected chi connectivity index (χ4v) is 3.75. The summed E-state index contributed by atoms with van der Waals surface area (Å²) >= 11 is 0. The van der Waals surface area contributed by atoms with Crippen LogP contribution in [0.15, 0.2) is 59.8 Å². The van der Waals surface area contributed by atoms with Crippen molar-refractivity contribution in [2.45, 2.75) is 24.4 Å². The van der Waals surface area contributed by atoms with Gasteiger partial charge in [-0.2, -0.15) is 0 Å². The highest BCUT2D eigenvalue weighted by molar-refractivity contribution is 7.89. The van der Waals surface area contributed by atoms with E-state index in [9.17, 15) is 8.42 Å². The molecule has 0 aliphatic rings. The zero-order chi connectivity index (χ0) is 18.7.